The van der Waals surface area contributed by atoms with Gasteiger partial charge in [-0.05, 0) is 0 Å². The van der Waals surface area contributed by atoms with Crippen LogP contribution < -0.4 is 0 Å². The molecule has 0 unspecified atom stereocenters. The molecule has 7 heavy (non-hydrogen) atoms. The van der Waals surface area contributed by atoms with Crippen molar-refractivity contribution in [1.29, 1.82) is 5.26 Å². The van der Waals surface area contributed by atoms with Gasteiger partial charge in [-0.1, -0.05) is 0 Å². The number of nitrogens with zero attached hydrogens (tertiary/aromatic N) is 1. The van der Waals surface area contributed by atoms with Gasteiger partial charge in [-0.25, -0.2) is 5.26 Å². The summed E-state index contributed by atoms with van der Waals surface area (Å²) >= 11 is 0.708. The average molecular weight is 158 g/mol. The minimum atomic E-state index is 0.708. The van der Waals surface area contributed by atoms with Gasteiger partial charge in [0.15, 0.2) is 0 Å². The van der Waals surface area contributed by atoms with E-state index in [1.54, 1.807) is 0 Å². The van der Waals surface area contributed by atoms with E-state index in [9.17, 15) is 0 Å². The molecule has 0 saturated heterocycles. The fourth-order valence-electron chi connectivity index (χ4n) is 0.227. The summed E-state index contributed by atoms with van der Waals surface area (Å²) in [4.78, 5) is 4.38. The van der Waals surface area contributed by atoms with Gasteiger partial charge in [0.2, 0.25) is 0 Å². The van der Waals surface area contributed by atoms with Crippen LogP contribution in [0, 0.1) is 11.8 Å². The summed E-state index contributed by atoms with van der Waals surface area (Å²) in [7, 11) is 0. The van der Waals surface area contributed by atoms with Gasteiger partial charge >= 0.3 is 36.5 Å². The molecule has 0 atom stereocenters. The van der Waals surface area contributed by atoms with Crippen LogP contribution >= 0.6 is 0 Å². The van der Waals surface area contributed by atoms with E-state index in [-0.39, 0.29) is 0 Å². The molecule has 0 spiro atoms. The first-order valence-electron chi connectivity index (χ1n) is 1.73. The molecule has 36 valence electrons. The van der Waals surface area contributed by atoms with E-state index >= 15 is 0 Å². The molecule has 1 rings (SSSR count). The Kier molecular flexibility index (Phi) is 5.09. The van der Waals surface area contributed by atoms with Gasteiger partial charge in [0.1, 0.15) is 0 Å². The van der Waals surface area contributed by atoms with Crippen molar-refractivity contribution in [3.05, 3.63) is 22.0 Å². The second-order valence-corrected chi connectivity index (χ2v) is 2.51. The third-order valence-electron chi connectivity index (χ3n) is 0.425. The number of nitriles is 1. The zero-order chi connectivity index (χ0) is 5.54. The molecule has 1 aromatic heterocycles. The van der Waals surface area contributed by atoms with Crippen molar-refractivity contribution < 1.29 is 0 Å². The Hall–Kier alpha value is -0.511. The molecule has 0 aliphatic rings. The Morgan fingerprint density at radius 1 is 1.14 bits per heavy atom. The van der Waals surface area contributed by atoms with Crippen molar-refractivity contribution in [2.75, 3.05) is 0 Å². The fraction of sp³-hybridized carbons (Fsp3) is 0. The molecule has 0 aliphatic carbocycles. The monoisotopic (exact) mass is 159 g/mol. The van der Waals surface area contributed by atoms with E-state index in [2.05, 4.69) is 28.6 Å². The van der Waals surface area contributed by atoms with Crippen molar-refractivity contribution >= 4 is 14.5 Å². The van der Waals surface area contributed by atoms with Crippen LogP contribution in [0.1, 0.15) is 0 Å². The topological polar surface area (TPSA) is 23.8 Å². The van der Waals surface area contributed by atoms with Gasteiger partial charge in [-0.3, -0.25) is 0 Å². The molecule has 0 fully saturated rings. The second-order valence-electron chi connectivity index (χ2n) is 0.793. The van der Waals surface area contributed by atoms with Crippen LogP contribution in [0.15, 0.2) is 22.0 Å². The Morgan fingerprint density at radius 2 is 1.57 bits per heavy atom. The van der Waals surface area contributed by atoms with E-state index in [1.165, 1.54) is 0 Å². The van der Waals surface area contributed by atoms with E-state index in [0.29, 0.717) is 14.5 Å². The molecular weight excluding hydrogens is 153 g/mol. The molecule has 0 aliphatic heterocycles. The Bertz CT molecular complexity index is 91.7. The first-order valence-corrected chi connectivity index (χ1v) is 3.71. The average Bonchev–Trinajstić information content (AvgIpc) is 2.23. The first-order chi connectivity index (χ1) is 3.50. The van der Waals surface area contributed by atoms with Crippen molar-refractivity contribution in [2.45, 2.75) is 0 Å². The molecule has 2 heteroatoms. The maximum absolute atomic E-state index is 6.50. The van der Waals surface area contributed by atoms with Crippen LogP contribution in [0.5, 0.6) is 0 Å². The Labute approximate surface area is 49.0 Å². The van der Waals surface area contributed by atoms with E-state index in [4.69, 9.17) is 5.26 Å². The summed E-state index contributed by atoms with van der Waals surface area (Å²) in [5, 5.41) is 6.50. The number of rotatable bonds is 0. The number of hydrogen-bond acceptors (Lipinski definition) is 1. The van der Waals surface area contributed by atoms with E-state index in [1.807, 2.05) is 0 Å². The molecule has 0 saturated carbocycles. The van der Waals surface area contributed by atoms with Gasteiger partial charge in [-0.2, -0.15) is 0 Å². The van der Waals surface area contributed by atoms with E-state index in [0.717, 1.165) is 0 Å². The maximum atomic E-state index is 6.50. The summed E-state index contributed by atoms with van der Waals surface area (Å²) in [6.07, 6.45) is 0. The number of hydrogen-bond donors (Lipinski definition) is 0. The van der Waals surface area contributed by atoms with Crippen LogP contribution in [0.4, 0.5) is 0 Å². The van der Waals surface area contributed by atoms with Crippen molar-refractivity contribution in [3.63, 3.8) is 0 Å². The normalized spacial score (nSPS) is 6.00. The molecule has 0 bridgehead atoms. The van der Waals surface area contributed by atoms with Crippen LogP contribution in [0.25, 0.3) is 0 Å². The van der Waals surface area contributed by atoms with Gasteiger partial charge in [-0.15, -0.1) is 0 Å². The summed E-state index contributed by atoms with van der Waals surface area (Å²) in [5.74, 6) is 0. The molecule has 0 radical (unpaired) electrons. The minimum absolute atomic E-state index is 0.708. The molecule has 0 N–H and O–H groups in total. The predicted octanol–water partition coefficient (Wildman–Crippen LogP) is 0.883. The molecule has 1 heterocycles. The van der Waals surface area contributed by atoms with Gasteiger partial charge in [0.05, 0.1) is 0 Å². The van der Waals surface area contributed by atoms with Crippen LogP contribution in [0.3, 0.4) is 0 Å². The van der Waals surface area contributed by atoms with Crippen LogP contribution in [-0.2, 0) is 0 Å². The third kappa shape index (κ3) is 3.32. The molecule has 1 aromatic rings. The standard InChI is InChI=1S/C4H4Se.CHN/c1-2-4-5-3-1;1-2/h1-4H;1H. The predicted molar refractivity (Wildman–Crippen MR) is 30.1 cm³/mol. The zero-order valence-electron chi connectivity index (χ0n) is 3.74. The third-order valence-corrected chi connectivity index (χ3v) is 1.74. The molecule has 0 amide bonds. The van der Waals surface area contributed by atoms with Crippen molar-refractivity contribution in [3.8, 4) is 6.57 Å². The van der Waals surface area contributed by atoms with Crippen LogP contribution in [0.2, 0.25) is 0 Å². The Balaban J connectivity index is 0.000000162. The summed E-state index contributed by atoms with van der Waals surface area (Å²) < 4.78 is 0. The van der Waals surface area contributed by atoms with Gasteiger partial charge in [0, 0.05) is 6.57 Å². The van der Waals surface area contributed by atoms with Crippen LogP contribution in [-0.4, -0.2) is 14.5 Å². The summed E-state index contributed by atoms with van der Waals surface area (Å²) in [5.41, 5.74) is 0. The summed E-state index contributed by atoms with van der Waals surface area (Å²) in [6, 6.07) is 4.17. The van der Waals surface area contributed by atoms with Crippen molar-refractivity contribution in [2.24, 2.45) is 0 Å². The first kappa shape index (κ1) is 6.49. The van der Waals surface area contributed by atoms with E-state index < -0.39 is 0 Å². The Morgan fingerprint density at radius 3 is 1.71 bits per heavy atom. The fourth-order valence-corrected chi connectivity index (χ4v) is 1.18. The zero-order valence-corrected chi connectivity index (χ0v) is 5.46. The molecule has 1 nitrogen and oxygen atoms in total. The second kappa shape index (κ2) is 5.49. The van der Waals surface area contributed by atoms with Gasteiger partial charge < -0.3 is 0 Å². The molecular formula is C5H5NSe. The summed E-state index contributed by atoms with van der Waals surface area (Å²) in [6.45, 7) is 3.50. The van der Waals surface area contributed by atoms with Crippen molar-refractivity contribution in [1.82, 2.24) is 0 Å². The van der Waals surface area contributed by atoms with Gasteiger partial charge in [0.25, 0.3) is 0 Å². The SMILES string of the molecule is C#N.c1cc[se]c1. The quantitative estimate of drug-likeness (QED) is 0.514. The molecule has 0 aromatic carbocycles.